The number of nitrogens with one attached hydrogen (secondary N) is 1. The monoisotopic (exact) mass is 327 g/mol. The first kappa shape index (κ1) is 17.0. The minimum absolute atomic E-state index is 0.270. The number of carbonyl (C=O) groups excluding carboxylic acids is 1. The van der Waals surface area contributed by atoms with Gasteiger partial charge in [0.25, 0.3) is 0 Å². The van der Waals surface area contributed by atoms with E-state index in [4.69, 9.17) is 4.74 Å². The van der Waals surface area contributed by atoms with Crippen LogP contribution in [0.5, 0.6) is 0 Å². The molecule has 0 fully saturated rings. The van der Waals surface area contributed by atoms with E-state index in [1.165, 1.54) is 0 Å². The Hall–Kier alpha value is -2.35. The van der Waals surface area contributed by atoms with E-state index in [2.05, 4.69) is 10.4 Å². The van der Waals surface area contributed by atoms with Gasteiger partial charge in [-0.15, -0.1) is 0 Å². The lowest BCUT2D eigenvalue weighted by Crippen LogP contribution is -2.28. The minimum atomic E-state index is -4.51. The van der Waals surface area contributed by atoms with Gasteiger partial charge in [0.1, 0.15) is 6.54 Å². The molecule has 5 nitrogen and oxygen atoms in total. The van der Waals surface area contributed by atoms with Crippen molar-refractivity contribution < 1.29 is 22.7 Å². The van der Waals surface area contributed by atoms with Crippen LogP contribution in [-0.4, -0.2) is 22.8 Å². The molecule has 0 unspecified atom stereocenters. The highest BCUT2D eigenvalue weighted by Crippen LogP contribution is 2.27. The Morgan fingerprint density at radius 3 is 2.57 bits per heavy atom. The van der Waals surface area contributed by atoms with Crippen molar-refractivity contribution in [3.63, 3.8) is 0 Å². The predicted molar refractivity (Wildman–Crippen MR) is 76.2 cm³/mol. The summed E-state index contributed by atoms with van der Waals surface area (Å²) in [4.78, 5) is 11.8. The van der Waals surface area contributed by atoms with E-state index >= 15 is 0 Å². The number of aromatic nitrogens is 2. The summed E-state index contributed by atoms with van der Waals surface area (Å²) in [6, 6.07) is 8.27. The van der Waals surface area contributed by atoms with Crippen molar-refractivity contribution >= 4 is 5.91 Å². The minimum Gasteiger partial charge on any atom is -0.380 e. The number of halogens is 3. The van der Waals surface area contributed by atoms with Crippen LogP contribution < -0.4 is 5.32 Å². The highest BCUT2D eigenvalue weighted by Gasteiger charge is 2.33. The molecule has 0 spiro atoms. The SMILES string of the molecule is COCc1ccccc1CNC(=O)Cn1ccc(C(F)(F)F)n1. The van der Waals surface area contributed by atoms with Crippen molar-refractivity contribution in [2.45, 2.75) is 25.9 Å². The van der Waals surface area contributed by atoms with Crippen LogP contribution in [0.2, 0.25) is 0 Å². The number of ether oxygens (including phenoxy) is 1. The summed E-state index contributed by atoms with van der Waals surface area (Å²) in [5.41, 5.74) is 0.809. The largest absolute Gasteiger partial charge is 0.435 e. The predicted octanol–water partition coefficient (Wildman–Crippen LogP) is 2.36. The second-order valence-electron chi connectivity index (χ2n) is 4.87. The van der Waals surface area contributed by atoms with Gasteiger partial charge in [-0.1, -0.05) is 24.3 Å². The summed E-state index contributed by atoms with van der Waals surface area (Å²) >= 11 is 0. The molecule has 2 aromatic rings. The Labute approximate surface area is 131 Å². The summed E-state index contributed by atoms with van der Waals surface area (Å²) in [5, 5.41) is 5.99. The highest BCUT2D eigenvalue weighted by molar-refractivity contribution is 5.75. The quantitative estimate of drug-likeness (QED) is 0.886. The number of alkyl halides is 3. The van der Waals surface area contributed by atoms with Gasteiger partial charge < -0.3 is 10.1 Å². The van der Waals surface area contributed by atoms with Crippen molar-refractivity contribution in [3.8, 4) is 0 Å². The van der Waals surface area contributed by atoms with E-state index in [1.807, 2.05) is 24.3 Å². The third-order valence-electron chi connectivity index (χ3n) is 3.13. The lowest BCUT2D eigenvalue weighted by molar-refractivity contribution is -0.141. The second kappa shape index (κ2) is 7.28. The molecule has 2 rings (SSSR count). The summed E-state index contributed by atoms with van der Waals surface area (Å²) in [6.45, 7) is 0.411. The zero-order valence-electron chi connectivity index (χ0n) is 12.4. The molecule has 1 amide bonds. The van der Waals surface area contributed by atoms with Gasteiger partial charge in [-0.3, -0.25) is 9.48 Å². The maximum atomic E-state index is 12.4. The molecular weight excluding hydrogens is 311 g/mol. The average Bonchev–Trinajstić information content (AvgIpc) is 2.95. The first-order valence-corrected chi connectivity index (χ1v) is 6.83. The van der Waals surface area contributed by atoms with Gasteiger partial charge in [0.15, 0.2) is 5.69 Å². The molecule has 1 N–H and O–H groups in total. The molecule has 124 valence electrons. The van der Waals surface area contributed by atoms with Crippen LogP contribution in [0, 0.1) is 0 Å². The summed E-state index contributed by atoms with van der Waals surface area (Å²) < 4.78 is 43.3. The van der Waals surface area contributed by atoms with Crippen molar-refractivity contribution in [1.82, 2.24) is 15.1 Å². The molecule has 0 atom stereocenters. The van der Waals surface area contributed by atoms with Crippen molar-refractivity contribution in [2.75, 3.05) is 7.11 Å². The van der Waals surface area contributed by atoms with E-state index in [1.54, 1.807) is 7.11 Å². The molecule has 1 aromatic heterocycles. The van der Waals surface area contributed by atoms with E-state index in [0.29, 0.717) is 6.61 Å². The number of amides is 1. The van der Waals surface area contributed by atoms with Crippen molar-refractivity contribution in [2.24, 2.45) is 0 Å². The van der Waals surface area contributed by atoms with Gasteiger partial charge >= 0.3 is 6.18 Å². The fourth-order valence-corrected chi connectivity index (χ4v) is 2.02. The van der Waals surface area contributed by atoms with Gasteiger partial charge in [0.05, 0.1) is 6.61 Å². The zero-order chi connectivity index (χ0) is 16.9. The van der Waals surface area contributed by atoms with Crippen LogP contribution in [0.15, 0.2) is 36.5 Å². The van der Waals surface area contributed by atoms with Crippen LogP contribution in [0.25, 0.3) is 0 Å². The normalized spacial score (nSPS) is 11.5. The number of hydrogen-bond acceptors (Lipinski definition) is 3. The molecule has 0 radical (unpaired) electrons. The molecule has 0 aliphatic heterocycles. The fraction of sp³-hybridized carbons (Fsp3) is 0.333. The molecule has 1 aromatic carbocycles. The molecule has 0 aliphatic carbocycles. The average molecular weight is 327 g/mol. The molecular formula is C15H16F3N3O2. The van der Waals surface area contributed by atoms with Crippen LogP contribution in [0.1, 0.15) is 16.8 Å². The molecule has 23 heavy (non-hydrogen) atoms. The fourth-order valence-electron chi connectivity index (χ4n) is 2.02. The molecule has 0 saturated heterocycles. The number of nitrogens with zero attached hydrogens (tertiary/aromatic N) is 2. The molecule has 8 heteroatoms. The Morgan fingerprint density at radius 2 is 1.96 bits per heavy atom. The van der Waals surface area contributed by atoms with Gasteiger partial charge in [-0.25, -0.2) is 0 Å². The van der Waals surface area contributed by atoms with Gasteiger partial charge in [-0.05, 0) is 17.2 Å². The van der Waals surface area contributed by atoms with E-state index < -0.39 is 17.8 Å². The lowest BCUT2D eigenvalue weighted by atomic mass is 10.1. The Balaban J connectivity index is 1.92. The number of carbonyl (C=O) groups is 1. The number of methoxy groups -OCH3 is 1. The van der Waals surface area contributed by atoms with Crippen LogP contribution >= 0.6 is 0 Å². The standard InChI is InChI=1S/C15H16F3N3O2/c1-23-10-12-5-3-2-4-11(12)8-19-14(22)9-21-7-6-13(20-21)15(16,17)18/h2-7H,8-10H2,1H3,(H,19,22). The second-order valence-corrected chi connectivity index (χ2v) is 4.87. The third kappa shape index (κ3) is 4.82. The topological polar surface area (TPSA) is 56.1 Å². The van der Waals surface area contributed by atoms with E-state index in [-0.39, 0.29) is 13.1 Å². The Bertz CT molecular complexity index is 668. The lowest BCUT2D eigenvalue weighted by Gasteiger charge is -2.10. The number of benzene rings is 1. The van der Waals surface area contributed by atoms with Gasteiger partial charge in [0.2, 0.25) is 5.91 Å². The van der Waals surface area contributed by atoms with Crippen molar-refractivity contribution in [3.05, 3.63) is 53.3 Å². The zero-order valence-corrected chi connectivity index (χ0v) is 12.4. The third-order valence-corrected chi connectivity index (χ3v) is 3.13. The maximum absolute atomic E-state index is 12.4. The Morgan fingerprint density at radius 1 is 1.26 bits per heavy atom. The van der Waals surface area contributed by atoms with Crippen LogP contribution in [0.4, 0.5) is 13.2 Å². The summed E-state index contributed by atoms with van der Waals surface area (Å²) in [5.74, 6) is -0.422. The van der Waals surface area contributed by atoms with E-state index in [0.717, 1.165) is 28.1 Å². The summed E-state index contributed by atoms with van der Waals surface area (Å²) in [6.07, 6.45) is -3.39. The van der Waals surface area contributed by atoms with Gasteiger partial charge in [-0.2, -0.15) is 18.3 Å². The van der Waals surface area contributed by atoms with E-state index in [9.17, 15) is 18.0 Å². The smallest absolute Gasteiger partial charge is 0.380 e. The highest BCUT2D eigenvalue weighted by atomic mass is 19.4. The first-order chi connectivity index (χ1) is 10.9. The molecule has 1 heterocycles. The molecule has 0 saturated carbocycles. The maximum Gasteiger partial charge on any atom is 0.435 e. The number of hydrogen-bond donors (Lipinski definition) is 1. The first-order valence-electron chi connectivity index (χ1n) is 6.83. The number of rotatable bonds is 6. The van der Waals surface area contributed by atoms with Crippen LogP contribution in [-0.2, 0) is 35.4 Å². The summed E-state index contributed by atoms with van der Waals surface area (Å²) in [7, 11) is 1.57. The van der Waals surface area contributed by atoms with Crippen molar-refractivity contribution in [1.29, 1.82) is 0 Å². The van der Waals surface area contributed by atoms with Crippen LogP contribution in [0.3, 0.4) is 0 Å². The molecule has 0 bridgehead atoms. The van der Waals surface area contributed by atoms with Gasteiger partial charge in [0, 0.05) is 19.9 Å². The molecule has 0 aliphatic rings. The Kier molecular flexibility index (Phi) is 5.38.